The van der Waals surface area contributed by atoms with Crippen LogP contribution in [0.4, 0.5) is 0 Å². The van der Waals surface area contributed by atoms with Gasteiger partial charge in [0.1, 0.15) is 0 Å². The minimum absolute atomic E-state index is 0.193. The largest absolute Gasteiger partial charge is 0.493 e. The maximum atomic E-state index is 12.2. The fourth-order valence-corrected chi connectivity index (χ4v) is 2.70. The van der Waals surface area contributed by atoms with E-state index in [9.17, 15) is 4.79 Å². The minimum atomic E-state index is -0.193. The number of benzene rings is 1. The van der Waals surface area contributed by atoms with Crippen LogP contribution in [0.5, 0.6) is 11.5 Å². The average molecular weight is 378 g/mol. The first-order valence-electron chi connectivity index (χ1n) is 8.72. The maximum Gasteiger partial charge on any atom is 0.244 e. The maximum absolute atomic E-state index is 12.2. The van der Waals surface area contributed by atoms with Crippen LogP contribution in [0.3, 0.4) is 0 Å². The quantitative estimate of drug-likeness (QED) is 0.640. The van der Waals surface area contributed by atoms with Crippen LogP contribution in [0.25, 0.3) is 17.3 Å². The van der Waals surface area contributed by atoms with Gasteiger partial charge in [-0.05, 0) is 42.0 Å². The van der Waals surface area contributed by atoms with Crippen molar-refractivity contribution in [1.82, 2.24) is 20.1 Å². The van der Waals surface area contributed by atoms with Gasteiger partial charge in [-0.3, -0.25) is 14.5 Å². The minimum Gasteiger partial charge on any atom is -0.493 e. The number of carbonyl (C=O) groups excluding carboxylic acids is 1. The Morgan fingerprint density at radius 1 is 1.11 bits per heavy atom. The third-order valence-corrected chi connectivity index (χ3v) is 4.23. The number of nitrogens with one attached hydrogen (secondary N) is 1. The van der Waals surface area contributed by atoms with Crippen LogP contribution in [-0.4, -0.2) is 34.9 Å². The van der Waals surface area contributed by atoms with Crippen molar-refractivity contribution in [3.63, 3.8) is 0 Å². The summed E-state index contributed by atoms with van der Waals surface area (Å²) in [6.07, 6.45) is 6.67. The highest BCUT2D eigenvalue weighted by atomic mass is 16.5. The van der Waals surface area contributed by atoms with Crippen LogP contribution in [-0.2, 0) is 18.4 Å². The lowest BCUT2D eigenvalue weighted by molar-refractivity contribution is -0.116. The lowest BCUT2D eigenvalue weighted by atomic mass is 10.2. The third-order valence-electron chi connectivity index (χ3n) is 4.23. The van der Waals surface area contributed by atoms with Gasteiger partial charge in [-0.25, -0.2) is 0 Å². The summed E-state index contributed by atoms with van der Waals surface area (Å²) in [5.41, 5.74) is 3.57. The molecule has 7 nitrogen and oxygen atoms in total. The van der Waals surface area contributed by atoms with E-state index in [2.05, 4.69) is 15.4 Å². The molecule has 0 atom stereocenters. The van der Waals surface area contributed by atoms with Crippen molar-refractivity contribution in [1.29, 1.82) is 0 Å². The zero-order valence-electron chi connectivity index (χ0n) is 16.0. The summed E-state index contributed by atoms with van der Waals surface area (Å²) >= 11 is 0. The molecule has 0 fully saturated rings. The Morgan fingerprint density at radius 2 is 1.86 bits per heavy atom. The molecule has 3 aromatic rings. The number of ether oxygens (including phenoxy) is 2. The number of rotatable bonds is 7. The lowest BCUT2D eigenvalue weighted by Gasteiger charge is -2.07. The molecule has 0 aliphatic carbocycles. The van der Waals surface area contributed by atoms with Crippen LogP contribution in [0.2, 0.25) is 0 Å². The molecule has 2 heterocycles. The molecule has 0 aliphatic heterocycles. The number of nitrogens with zero attached hydrogens (tertiary/aromatic N) is 3. The molecule has 0 saturated carbocycles. The van der Waals surface area contributed by atoms with E-state index in [1.54, 1.807) is 43.4 Å². The molecule has 0 aliphatic rings. The Bertz CT molecular complexity index is 981. The summed E-state index contributed by atoms with van der Waals surface area (Å²) in [6.45, 7) is 0.379. The number of carbonyl (C=O) groups is 1. The lowest BCUT2D eigenvalue weighted by Crippen LogP contribution is -2.21. The standard InChI is InChI=1S/C21H22N4O3/c1-25-17(13-18(24-25)16-8-10-22-11-9-16)14-23-21(26)7-5-15-4-6-19(27-2)20(12-15)28-3/h4-13H,14H2,1-3H3,(H,23,26). The fourth-order valence-electron chi connectivity index (χ4n) is 2.70. The van der Waals surface area contributed by atoms with Crippen molar-refractivity contribution in [2.45, 2.75) is 6.54 Å². The van der Waals surface area contributed by atoms with Gasteiger partial charge >= 0.3 is 0 Å². The zero-order valence-corrected chi connectivity index (χ0v) is 16.0. The van der Waals surface area contributed by atoms with Crippen molar-refractivity contribution in [3.05, 3.63) is 66.1 Å². The van der Waals surface area contributed by atoms with Crippen LogP contribution < -0.4 is 14.8 Å². The predicted octanol–water partition coefficient (Wildman–Crippen LogP) is 2.83. The molecular formula is C21H22N4O3. The monoisotopic (exact) mass is 378 g/mol. The Labute approximate surface area is 163 Å². The van der Waals surface area contributed by atoms with Gasteiger partial charge in [0.05, 0.1) is 32.2 Å². The first kappa shape index (κ1) is 19.2. The second-order valence-electron chi connectivity index (χ2n) is 6.05. The molecule has 1 aromatic carbocycles. The molecule has 0 radical (unpaired) electrons. The predicted molar refractivity (Wildman–Crippen MR) is 107 cm³/mol. The van der Waals surface area contributed by atoms with E-state index in [0.29, 0.717) is 18.0 Å². The molecule has 0 bridgehead atoms. The number of hydrogen-bond acceptors (Lipinski definition) is 5. The van der Waals surface area contributed by atoms with Gasteiger partial charge in [0, 0.05) is 31.1 Å². The Hall–Kier alpha value is -3.61. The van der Waals surface area contributed by atoms with E-state index < -0.39 is 0 Å². The number of amides is 1. The summed E-state index contributed by atoms with van der Waals surface area (Å²) in [4.78, 5) is 16.2. The zero-order chi connectivity index (χ0) is 19.9. The fraction of sp³-hybridized carbons (Fsp3) is 0.190. The molecule has 1 amide bonds. The van der Waals surface area contributed by atoms with Gasteiger partial charge in [0.15, 0.2) is 11.5 Å². The van der Waals surface area contributed by atoms with E-state index >= 15 is 0 Å². The summed E-state index contributed by atoms with van der Waals surface area (Å²) < 4.78 is 12.2. The van der Waals surface area contributed by atoms with E-state index in [4.69, 9.17) is 9.47 Å². The van der Waals surface area contributed by atoms with Crippen molar-refractivity contribution in [2.24, 2.45) is 7.05 Å². The molecule has 28 heavy (non-hydrogen) atoms. The molecule has 3 rings (SSSR count). The van der Waals surface area contributed by atoms with Gasteiger partial charge in [-0.15, -0.1) is 0 Å². The summed E-state index contributed by atoms with van der Waals surface area (Å²) in [7, 11) is 5.01. The Morgan fingerprint density at radius 3 is 2.57 bits per heavy atom. The van der Waals surface area contributed by atoms with Gasteiger partial charge in [0.25, 0.3) is 0 Å². The highest BCUT2D eigenvalue weighted by molar-refractivity contribution is 5.91. The number of pyridine rings is 1. The number of hydrogen-bond donors (Lipinski definition) is 1. The second kappa shape index (κ2) is 8.85. The first-order chi connectivity index (χ1) is 13.6. The molecule has 2 aromatic heterocycles. The highest BCUT2D eigenvalue weighted by Gasteiger charge is 2.08. The van der Waals surface area contributed by atoms with Gasteiger partial charge < -0.3 is 14.8 Å². The van der Waals surface area contributed by atoms with Crippen molar-refractivity contribution in [3.8, 4) is 22.8 Å². The molecule has 0 unspecified atom stereocenters. The van der Waals surface area contributed by atoms with Gasteiger partial charge in [-0.1, -0.05) is 6.07 Å². The number of aryl methyl sites for hydroxylation is 1. The Kier molecular flexibility index (Phi) is 6.06. The normalized spacial score (nSPS) is 10.8. The van der Waals surface area contributed by atoms with Crippen LogP contribution in [0, 0.1) is 0 Å². The third kappa shape index (κ3) is 4.56. The van der Waals surface area contributed by atoms with Crippen molar-refractivity contribution < 1.29 is 14.3 Å². The van der Waals surface area contributed by atoms with E-state index in [-0.39, 0.29) is 5.91 Å². The van der Waals surface area contributed by atoms with Crippen LogP contribution >= 0.6 is 0 Å². The molecule has 0 saturated heterocycles. The summed E-state index contributed by atoms with van der Waals surface area (Å²) in [6, 6.07) is 11.2. The van der Waals surface area contributed by atoms with E-state index in [0.717, 1.165) is 22.5 Å². The highest BCUT2D eigenvalue weighted by Crippen LogP contribution is 2.27. The summed E-state index contributed by atoms with van der Waals surface area (Å²) in [5, 5.41) is 7.35. The van der Waals surface area contributed by atoms with Crippen molar-refractivity contribution >= 4 is 12.0 Å². The van der Waals surface area contributed by atoms with Crippen molar-refractivity contribution in [2.75, 3.05) is 14.2 Å². The molecule has 7 heteroatoms. The SMILES string of the molecule is COc1ccc(C=CC(=O)NCc2cc(-c3ccncc3)nn2C)cc1OC. The number of aromatic nitrogens is 3. The summed E-state index contributed by atoms with van der Waals surface area (Å²) in [5.74, 6) is 1.07. The Balaban J connectivity index is 1.62. The molecule has 144 valence electrons. The average Bonchev–Trinajstić information content (AvgIpc) is 3.11. The number of methoxy groups -OCH3 is 2. The van der Waals surface area contributed by atoms with E-state index in [1.165, 1.54) is 6.08 Å². The van der Waals surface area contributed by atoms with E-state index in [1.807, 2.05) is 37.4 Å². The molecular weight excluding hydrogens is 356 g/mol. The molecule has 0 spiro atoms. The van der Waals surface area contributed by atoms with Gasteiger partial charge in [0.2, 0.25) is 5.91 Å². The van der Waals surface area contributed by atoms with Gasteiger partial charge in [-0.2, -0.15) is 5.10 Å². The second-order valence-corrected chi connectivity index (χ2v) is 6.05. The topological polar surface area (TPSA) is 78.3 Å². The first-order valence-corrected chi connectivity index (χ1v) is 8.72. The van der Waals surface area contributed by atoms with Crippen LogP contribution in [0.1, 0.15) is 11.3 Å². The van der Waals surface area contributed by atoms with Crippen LogP contribution in [0.15, 0.2) is 54.9 Å². The molecule has 1 N–H and O–H groups in total. The smallest absolute Gasteiger partial charge is 0.244 e.